The van der Waals surface area contributed by atoms with Gasteiger partial charge in [-0.25, -0.2) is 8.42 Å². The van der Waals surface area contributed by atoms with Crippen LogP contribution in [-0.4, -0.2) is 62.6 Å². The van der Waals surface area contributed by atoms with Gasteiger partial charge < -0.3 is 10.8 Å². The Bertz CT molecular complexity index is 1750. The minimum absolute atomic E-state index is 0. The first kappa shape index (κ1) is 29.6. The minimum atomic E-state index is -4.55. The Morgan fingerprint density at radius 1 is 0.921 bits per heavy atom. The second-order valence-corrected chi connectivity index (χ2v) is 11.4. The summed E-state index contributed by atoms with van der Waals surface area (Å²) >= 11 is 0. The summed E-state index contributed by atoms with van der Waals surface area (Å²) in [6.45, 7) is 3.64. The Morgan fingerprint density at radius 2 is 1.61 bits per heavy atom. The molecular weight excluding hydrogens is 539 g/mol. The van der Waals surface area contributed by atoms with Crippen molar-refractivity contribution in [1.29, 1.82) is 0 Å². The van der Waals surface area contributed by atoms with Crippen molar-refractivity contribution in [3.8, 4) is 5.75 Å². The third kappa shape index (κ3) is 5.85. The van der Waals surface area contributed by atoms with Crippen LogP contribution in [-0.2, 0) is 20.1 Å². The Hall–Kier alpha value is -3.00. The Balaban J connectivity index is 0.00000400. The van der Waals surface area contributed by atoms with E-state index in [4.69, 9.17) is 5.73 Å². The average Bonchev–Trinajstić information content (AvgIpc) is 2.84. The van der Waals surface area contributed by atoms with Crippen LogP contribution in [0.2, 0.25) is 0 Å². The number of hydrogen-bond acceptors (Lipinski definition) is 8. The maximum atomic E-state index is 13.5. The molecule has 0 atom stereocenters. The number of para-hydroxylation sites is 1. The molecule has 4 rings (SSSR count). The number of hydrogen-bond donors (Lipinski definition) is 3. The van der Waals surface area contributed by atoms with Gasteiger partial charge in [-0.1, -0.05) is 30.3 Å². The van der Waals surface area contributed by atoms with Gasteiger partial charge >= 0.3 is 0 Å². The van der Waals surface area contributed by atoms with Gasteiger partial charge in [-0.15, -0.1) is 5.11 Å². The summed E-state index contributed by atoms with van der Waals surface area (Å²) in [5.41, 5.74) is 7.53. The van der Waals surface area contributed by atoms with Gasteiger partial charge in [-0.05, 0) is 61.2 Å². The zero-order valence-electron chi connectivity index (χ0n) is 20.9. The standard InChI is InChI=1S/C25H24N4O6S2.Na/c1-3-29(19-7-5-4-6-8-19)36(31,32)23-14-18(11-9-16(23)2)27-28-25-21(26)12-10-17-13-20(37(33,34)35)15-22(30)24(17)25;/h4-15,30H,3,26H2,1-2H3,(H,33,34,35);. The first-order chi connectivity index (χ1) is 17.4. The number of aryl methyl sites for hydroxylation is 1. The molecule has 0 amide bonds. The molecule has 0 aromatic heterocycles. The van der Waals surface area contributed by atoms with E-state index in [1.165, 1.54) is 28.6 Å². The molecule has 4 aromatic rings. The van der Waals surface area contributed by atoms with Gasteiger partial charge in [0.2, 0.25) is 0 Å². The second-order valence-electron chi connectivity index (χ2n) is 8.17. The zero-order valence-corrected chi connectivity index (χ0v) is 24.5. The predicted molar refractivity (Wildman–Crippen MR) is 148 cm³/mol. The third-order valence-electron chi connectivity index (χ3n) is 5.71. The second kappa shape index (κ2) is 11.4. The third-order valence-corrected chi connectivity index (χ3v) is 8.59. The number of azo groups is 1. The Labute approximate surface area is 242 Å². The molecule has 0 aliphatic rings. The number of aromatic hydroxyl groups is 1. The van der Waals surface area contributed by atoms with Crippen LogP contribution in [0.5, 0.6) is 5.75 Å². The molecule has 0 fully saturated rings. The summed E-state index contributed by atoms with van der Waals surface area (Å²) in [4.78, 5) is -0.432. The maximum absolute atomic E-state index is 13.5. The van der Waals surface area contributed by atoms with Crippen molar-refractivity contribution in [1.82, 2.24) is 0 Å². The number of nitrogens with two attached hydrogens (primary N) is 1. The van der Waals surface area contributed by atoms with Crippen molar-refractivity contribution in [2.24, 2.45) is 10.2 Å². The molecule has 193 valence electrons. The van der Waals surface area contributed by atoms with E-state index in [1.54, 1.807) is 56.3 Å². The molecule has 0 spiro atoms. The van der Waals surface area contributed by atoms with Crippen LogP contribution in [0.25, 0.3) is 10.8 Å². The van der Waals surface area contributed by atoms with E-state index in [2.05, 4.69) is 10.2 Å². The molecule has 10 nitrogen and oxygen atoms in total. The number of nitrogen functional groups attached to an aromatic ring is 1. The molecule has 0 saturated carbocycles. The largest absolute Gasteiger partial charge is 0.507 e. The monoisotopic (exact) mass is 563 g/mol. The minimum Gasteiger partial charge on any atom is -0.507 e. The fourth-order valence-corrected chi connectivity index (χ4v) is 6.17. The number of fused-ring (bicyclic) bond motifs is 1. The molecule has 0 unspecified atom stereocenters. The van der Waals surface area contributed by atoms with Crippen molar-refractivity contribution < 1.29 is 26.5 Å². The number of phenols is 1. The van der Waals surface area contributed by atoms with Crippen LogP contribution >= 0.6 is 0 Å². The number of benzene rings is 4. The first-order valence-electron chi connectivity index (χ1n) is 11.1. The van der Waals surface area contributed by atoms with E-state index in [9.17, 15) is 26.5 Å². The Kier molecular flexibility index (Phi) is 8.86. The molecule has 38 heavy (non-hydrogen) atoms. The van der Waals surface area contributed by atoms with Gasteiger partial charge in [0, 0.05) is 42.2 Å². The van der Waals surface area contributed by atoms with Crippen LogP contribution in [0, 0.1) is 6.92 Å². The fourth-order valence-electron chi connectivity index (χ4n) is 3.91. The van der Waals surface area contributed by atoms with Gasteiger partial charge in [0.1, 0.15) is 11.4 Å². The van der Waals surface area contributed by atoms with E-state index >= 15 is 0 Å². The number of rotatable bonds is 7. The number of anilines is 2. The van der Waals surface area contributed by atoms with Crippen LogP contribution in [0.3, 0.4) is 0 Å². The van der Waals surface area contributed by atoms with Crippen molar-refractivity contribution >= 4 is 83.2 Å². The van der Waals surface area contributed by atoms with Crippen molar-refractivity contribution in [2.75, 3.05) is 16.6 Å². The number of nitrogens with zero attached hydrogens (tertiary/aromatic N) is 3. The molecule has 13 heteroatoms. The van der Waals surface area contributed by atoms with E-state index in [-0.39, 0.29) is 68.8 Å². The van der Waals surface area contributed by atoms with Crippen molar-refractivity contribution in [3.05, 3.63) is 78.4 Å². The molecule has 0 bridgehead atoms. The van der Waals surface area contributed by atoms with E-state index in [1.807, 2.05) is 0 Å². The van der Waals surface area contributed by atoms with Gasteiger partial charge in [0.25, 0.3) is 20.1 Å². The van der Waals surface area contributed by atoms with Gasteiger partial charge in [-0.3, -0.25) is 8.86 Å². The van der Waals surface area contributed by atoms with Gasteiger partial charge in [-0.2, -0.15) is 13.5 Å². The smallest absolute Gasteiger partial charge is 0.294 e. The van der Waals surface area contributed by atoms with Crippen molar-refractivity contribution in [2.45, 2.75) is 23.6 Å². The predicted octanol–water partition coefficient (Wildman–Crippen LogP) is 4.93. The summed E-state index contributed by atoms with van der Waals surface area (Å²) in [6, 6.07) is 18.3. The summed E-state index contributed by atoms with van der Waals surface area (Å²) in [5, 5.41) is 19.2. The molecule has 4 aromatic carbocycles. The molecule has 1 radical (unpaired) electrons. The molecule has 0 saturated heterocycles. The quantitative estimate of drug-likeness (QED) is 0.124. The summed E-state index contributed by atoms with van der Waals surface area (Å²) in [7, 11) is -8.48. The molecule has 0 aliphatic carbocycles. The van der Waals surface area contributed by atoms with Crippen LogP contribution < -0.4 is 10.0 Å². The molecule has 4 N–H and O–H groups in total. The molecule has 0 aliphatic heterocycles. The first-order valence-corrected chi connectivity index (χ1v) is 13.9. The molecule has 0 heterocycles. The normalized spacial score (nSPS) is 12.0. The van der Waals surface area contributed by atoms with Crippen LogP contribution in [0.1, 0.15) is 12.5 Å². The van der Waals surface area contributed by atoms with Gasteiger partial charge in [0.15, 0.2) is 0 Å². The van der Waals surface area contributed by atoms with Gasteiger partial charge in [0.05, 0.1) is 32.2 Å². The van der Waals surface area contributed by atoms with Crippen LogP contribution in [0.15, 0.2) is 92.8 Å². The molecular formula is C25H24N4NaO6S2. The topological polar surface area (TPSA) is 163 Å². The van der Waals surface area contributed by atoms with Crippen molar-refractivity contribution in [3.63, 3.8) is 0 Å². The fraction of sp³-hybridized carbons (Fsp3) is 0.120. The number of sulfonamides is 1. The summed E-state index contributed by atoms with van der Waals surface area (Å²) in [6.07, 6.45) is 0. The van der Waals surface area contributed by atoms with E-state index in [0.29, 0.717) is 11.3 Å². The van der Waals surface area contributed by atoms with E-state index in [0.717, 1.165) is 6.07 Å². The van der Waals surface area contributed by atoms with Crippen LogP contribution in [0.4, 0.5) is 22.7 Å². The number of phenolic OH excluding ortho intramolecular Hbond substituents is 1. The zero-order chi connectivity index (χ0) is 27.0. The summed E-state index contributed by atoms with van der Waals surface area (Å²) < 4.78 is 60.7. The summed E-state index contributed by atoms with van der Waals surface area (Å²) in [5.74, 6) is -0.472. The maximum Gasteiger partial charge on any atom is 0.294 e. The SMILES string of the molecule is CCN(c1ccccc1)S(=O)(=O)c1cc(N=Nc2c(N)ccc3cc(S(=O)(=O)O)cc(O)c23)ccc1C.[Na]. The Morgan fingerprint density at radius 3 is 2.24 bits per heavy atom. The van der Waals surface area contributed by atoms with E-state index < -0.39 is 30.8 Å². The average molecular weight is 564 g/mol.